The van der Waals surface area contributed by atoms with Crippen LogP contribution >= 0.6 is 0 Å². The van der Waals surface area contributed by atoms with E-state index in [1.807, 2.05) is 0 Å². The minimum atomic E-state index is -2.90. The van der Waals surface area contributed by atoms with Crippen LogP contribution in [0.3, 0.4) is 0 Å². The number of carbonyl (C=O) groups excluding carboxylic acids is 3. The molecule has 1 amide bonds. The molecule has 10 nitrogen and oxygen atoms in total. The number of aromatic hydroxyl groups is 1. The molecule has 33 heavy (non-hydrogen) atoms. The molecular formula is C23H26N2O8. The van der Waals surface area contributed by atoms with Gasteiger partial charge in [0, 0.05) is 11.5 Å². The first-order chi connectivity index (χ1) is 15.3. The molecule has 1 aromatic carbocycles. The van der Waals surface area contributed by atoms with Crippen LogP contribution in [0.15, 0.2) is 29.0 Å². The van der Waals surface area contributed by atoms with E-state index in [1.165, 1.54) is 25.1 Å². The Hall–Kier alpha value is -3.21. The van der Waals surface area contributed by atoms with Gasteiger partial charge in [-0.25, -0.2) is 0 Å². The average molecular weight is 458 g/mol. The number of aliphatic hydroxyl groups is 4. The maximum Gasteiger partial charge on any atom is 0.255 e. The van der Waals surface area contributed by atoms with Gasteiger partial charge in [-0.05, 0) is 44.1 Å². The summed E-state index contributed by atoms with van der Waals surface area (Å²) in [5, 5.41) is 55.3. The van der Waals surface area contributed by atoms with Crippen molar-refractivity contribution in [2.24, 2.45) is 17.6 Å². The maximum absolute atomic E-state index is 13.7. The number of nitrogens with two attached hydrogens (primary N) is 1. The van der Waals surface area contributed by atoms with E-state index in [0.717, 1.165) is 0 Å². The molecule has 0 aromatic heterocycles. The fourth-order valence-electron chi connectivity index (χ4n) is 5.92. The van der Waals surface area contributed by atoms with E-state index < -0.39 is 75.6 Å². The van der Waals surface area contributed by atoms with Crippen LogP contribution in [0, 0.1) is 18.8 Å². The predicted molar refractivity (Wildman–Crippen MR) is 115 cm³/mol. The average Bonchev–Trinajstić information content (AvgIpc) is 2.72. The van der Waals surface area contributed by atoms with Crippen LogP contribution in [0.5, 0.6) is 5.75 Å². The summed E-state index contributed by atoms with van der Waals surface area (Å²) in [6.45, 7) is 3.45. The van der Waals surface area contributed by atoms with Gasteiger partial charge in [0.1, 0.15) is 22.8 Å². The molecule has 1 unspecified atom stereocenters. The number of Topliss-reactive ketones (excluding diaryl/α,β-unsaturated/α-hetero) is 2. The van der Waals surface area contributed by atoms with Crippen LogP contribution in [0.4, 0.5) is 0 Å². The smallest absolute Gasteiger partial charge is 0.255 e. The molecule has 0 bridgehead atoms. The minimum absolute atomic E-state index is 0.00834. The van der Waals surface area contributed by atoms with Gasteiger partial charge in [0.25, 0.3) is 5.91 Å². The fraction of sp³-hybridized carbons (Fsp3) is 0.435. The number of ketones is 2. The van der Waals surface area contributed by atoms with Crippen LogP contribution in [-0.4, -0.2) is 79.7 Å². The number of fused-ring (bicyclic) bond motifs is 3. The summed E-state index contributed by atoms with van der Waals surface area (Å²) >= 11 is 0. The standard InChI is InChI=1S/C23H26N2O8/c1-7-5-6-9(26)12-10(7)8(2)11-13(17(12)27)20(30)23(33)15(18(11)28)16(25(3)4)19(29)14(21(23)31)22(24)32/h5-6,8,11,15-16,18,26-28,31,33H,1-4H3,(H2,24,32)/t8-,11+,15+,16?,18-,23-/m0/s1. The lowest BCUT2D eigenvalue weighted by Gasteiger charge is -2.53. The lowest BCUT2D eigenvalue weighted by Crippen LogP contribution is -2.70. The Morgan fingerprint density at radius 3 is 2.30 bits per heavy atom. The molecule has 4 rings (SSSR count). The van der Waals surface area contributed by atoms with E-state index in [4.69, 9.17) is 5.73 Å². The highest BCUT2D eigenvalue weighted by Gasteiger charge is 2.68. The first-order valence-corrected chi connectivity index (χ1v) is 10.4. The van der Waals surface area contributed by atoms with E-state index >= 15 is 0 Å². The van der Waals surface area contributed by atoms with Crippen LogP contribution < -0.4 is 5.73 Å². The van der Waals surface area contributed by atoms with Crippen molar-refractivity contribution in [1.82, 2.24) is 4.90 Å². The van der Waals surface area contributed by atoms with Crippen molar-refractivity contribution >= 4 is 23.2 Å². The number of phenolic OH excluding ortho intramolecular Hbond substituents is 1. The molecule has 0 aliphatic heterocycles. The summed E-state index contributed by atoms with van der Waals surface area (Å²) in [6.07, 6.45) is -1.59. The Morgan fingerprint density at radius 1 is 1.15 bits per heavy atom. The molecular weight excluding hydrogens is 432 g/mol. The SMILES string of the molecule is Cc1ccc(O)c2c1[C@H](C)[C@@H]1C(=C2O)C(=O)[C@]2(O)C(O)=C(C(N)=O)C(=O)C(N(C)C)[C@@H]2[C@H]1O. The lowest BCUT2D eigenvalue weighted by atomic mass is 9.54. The summed E-state index contributed by atoms with van der Waals surface area (Å²) in [6, 6.07) is 1.62. The third kappa shape index (κ3) is 2.68. The highest BCUT2D eigenvalue weighted by atomic mass is 16.4. The van der Waals surface area contributed by atoms with Gasteiger partial charge in [-0.2, -0.15) is 0 Å². The highest BCUT2D eigenvalue weighted by Crippen LogP contribution is 2.56. The monoisotopic (exact) mass is 458 g/mol. The van der Waals surface area contributed by atoms with E-state index in [9.17, 15) is 39.9 Å². The summed E-state index contributed by atoms with van der Waals surface area (Å²) in [4.78, 5) is 40.1. The van der Waals surface area contributed by atoms with E-state index in [0.29, 0.717) is 11.1 Å². The lowest BCUT2D eigenvalue weighted by molar-refractivity contribution is -0.169. The number of likely N-dealkylation sites (N-methyl/N-ethyl adjacent to an activating group) is 1. The van der Waals surface area contributed by atoms with Gasteiger partial charge in [-0.1, -0.05) is 13.0 Å². The van der Waals surface area contributed by atoms with E-state index in [2.05, 4.69) is 0 Å². The molecule has 1 fully saturated rings. The zero-order valence-corrected chi connectivity index (χ0v) is 18.5. The number of carbonyl (C=O) groups is 3. The minimum Gasteiger partial charge on any atom is -0.508 e. The Labute approximate surface area is 189 Å². The fourth-order valence-corrected chi connectivity index (χ4v) is 5.92. The van der Waals surface area contributed by atoms with Gasteiger partial charge in [-0.15, -0.1) is 0 Å². The zero-order chi connectivity index (χ0) is 24.7. The number of rotatable bonds is 2. The molecule has 6 atom stereocenters. The number of hydrogen-bond acceptors (Lipinski definition) is 9. The Balaban J connectivity index is 2.08. The molecule has 176 valence electrons. The van der Waals surface area contributed by atoms with Gasteiger partial charge < -0.3 is 31.3 Å². The number of hydrogen-bond donors (Lipinski definition) is 6. The Morgan fingerprint density at radius 2 is 1.76 bits per heavy atom. The van der Waals surface area contributed by atoms with Gasteiger partial charge in [-0.3, -0.25) is 19.3 Å². The summed E-state index contributed by atoms with van der Waals surface area (Å²) in [7, 11) is 2.93. The van der Waals surface area contributed by atoms with Crippen molar-refractivity contribution in [1.29, 1.82) is 0 Å². The molecule has 0 radical (unpaired) electrons. The number of nitrogens with zero attached hydrogens (tertiary/aromatic N) is 1. The van der Waals surface area contributed by atoms with Crippen LogP contribution in [0.2, 0.25) is 0 Å². The van der Waals surface area contributed by atoms with Gasteiger partial charge in [0.05, 0.1) is 23.6 Å². The van der Waals surface area contributed by atoms with Crippen molar-refractivity contribution in [3.8, 4) is 5.75 Å². The van der Waals surface area contributed by atoms with Crippen molar-refractivity contribution in [2.75, 3.05) is 14.1 Å². The molecule has 0 saturated heterocycles. The first-order valence-electron chi connectivity index (χ1n) is 10.4. The second kappa shape index (κ2) is 7.14. The molecule has 1 aromatic rings. The van der Waals surface area contributed by atoms with Crippen molar-refractivity contribution in [3.05, 3.63) is 45.7 Å². The largest absolute Gasteiger partial charge is 0.508 e. The second-order valence-electron chi connectivity index (χ2n) is 9.24. The van der Waals surface area contributed by atoms with E-state index in [-0.39, 0.29) is 11.3 Å². The van der Waals surface area contributed by atoms with Crippen molar-refractivity contribution in [2.45, 2.75) is 37.5 Å². The first kappa shape index (κ1) is 23.0. The summed E-state index contributed by atoms with van der Waals surface area (Å²) < 4.78 is 0. The third-order valence-corrected chi connectivity index (χ3v) is 7.33. The van der Waals surface area contributed by atoms with Crippen molar-refractivity contribution < 1.29 is 39.9 Å². The number of amides is 1. The number of aryl methyl sites for hydroxylation is 1. The molecule has 0 spiro atoms. The number of phenols is 1. The molecule has 7 N–H and O–H groups in total. The third-order valence-electron chi connectivity index (χ3n) is 7.33. The predicted octanol–water partition coefficient (Wildman–Crippen LogP) is -0.196. The summed E-state index contributed by atoms with van der Waals surface area (Å²) in [5.74, 6) is -8.86. The van der Waals surface area contributed by atoms with Gasteiger partial charge >= 0.3 is 0 Å². The molecule has 0 heterocycles. The van der Waals surface area contributed by atoms with Gasteiger partial charge in [0.15, 0.2) is 11.4 Å². The van der Waals surface area contributed by atoms with Crippen LogP contribution in [0.25, 0.3) is 5.76 Å². The topological polar surface area (TPSA) is 182 Å². The molecule has 3 aliphatic rings. The Bertz CT molecular complexity index is 1180. The molecule has 1 saturated carbocycles. The zero-order valence-electron chi connectivity index (χ0n) is 18.5. The molecule has 3 aliphatic carbocycles. The number of benzene rings is 1. The van der Waals surface area contributed by atoms with E-state index in [1.54, 1.807) is 19.9 Å². The van der Waals surface area contributed by atoms with Crippen LogP contribution in [0.1, 0.15) is 29.5 Å². The molecule has 10 heteroatoms. The number of primary amides is 1. The summed E-state index contributed by atoms with van der Waals surface area (Å²) in [5.41, 5.74) is 2.25. The quantitative estimate of drug-likeness (QED) is 0.327. The van der Waals surface area contributed by atoms with Crippen LogP contribution in [-0.2, 0) is 14.4 Å². The maximum atomic E-state index is 13.7. The normalized spacial score (nSPS) is 33.7. The highest BCUT2D eigenvalue weighted by molar-refractivity contribution is 6.24. The van der Waals surface area contributed by atoms with Gasteiger partial charge in [0.2, 0.25) is 5.78 Å². The van der Waals surface area contributed by atoms with Crippen molar-refractivity contribution in [3.63, 3.8) is 0 Å². The number of aliphatic hydroxyl groups excluding tert-OH is 3. The Kier molecular flexibility index (Phi) is 4.97. The second-order valence-corrected chi connectivity index (χ2v) is 9.24.